The molecule has 0 atom stereocenters. The number of nitrogens with one attached hydrogen (secondary N) is 2. The van der Waals surface area contributed by atoms with E-state index in [1.807, 2.05) is 6.07 Å². The molecule has 0 radical (unpaired) electrons. The zero-order valence-corrected chi connectivity index (χ0v) is 11.5. The average molecular weight is 295 g/mol. The van der Waals surface area contributed by atoms with Crippen LogP contribution in [0.4, 0.5) is 11.5 Å². The van der Waals surface area contributed by atoms with Crippen molar-refractivity contribution in [3.8, 4) is 0 Å². The summed E-state index contributed by atoms with van der Waals surface area (Å²) in [5.41, 5.74) is 0.673. The molecule has 2 aromatic rings. The highest BCUT2D eigenvalue weighted by Gasteiger charge is 2.09. The van der Waals surface area contributed by atoms with Crippen molar-refractivity contribution in [2.45, 2.75) is 6.54 Å². The lowest BCUT2D eigenvalue weighted by atomic mass is 10.3. The number of sulfonamides is 1. The van der Waals surface area contributed by atoms with Crippen LogP contribution in [0.25, 0.3) is 0 Å². The number of carbonyl (C=O) groups excluding carboxylic acids is 1. The predicted molar refractivity (Wildman–Crippen MR) is 73.6 cm³/mol. The van der Waals surface area contributed by atoms with Crippen molar-refractivity contribution in [3.05, 3.63) is 36.5 Å². The van der Waals surface area contributed by atoms with Crippen LogP contribution in [0.1, 0.15) is 0 Å². The molecule has 0 aliphatic rings. The van der Waals surface area contributed by atoms with Gasteiger partial charge in [0.2, 0.25) is 15.9 Å². The quantitative estimate of drug-likeness (QED) is 0.824. The third-order valence-corrected chi connectivity index (χ3v) is 2.77. The molecule has 1 amide bonds. The molecule has 8 nitrogen and oxygen atoms in total. The number of carbonyl (C=O) groups is 1. The molecule has 1 aromatic carbocycles. The maximum absolute atomic E-state index is 11.7. The molecule has 0 spiro atoms. The average Bonchev–Trinajstić information content (AvgIpc) is 2.75. The minimum absolute atomic E-state index is 0.0622. The summed E-state index contributed by atoms with van der Waals surface area (Å²) in [6, 6.07) is 8.97. The van der Waals surface area contributed by atoms with E-state index in [9.17, 15) is 13.2 Å². The molecule has 9 heteroatoms. The largest absolute Gasteiger partial charge is 0.324 e. The van der Waals surface area contributed by atoms with Gasteiger partial charge >= 0.3 is 0 Å². The third kappa shape index (κ3) is 4.35. The highest BCUT2D eigenvalue weighted by Crippen LogP contribution is 2.06. The van der Waals surface area contributed by atoms with E-state index in [0.29, 0.717) is 5.69 Å². The molecule has 0 unspecified atom stereocenters. The van der Waals surface area contributed by atoms with Crippen molar-refractivity contribution >= 4 is 27.4 Å². The van der Waals surface area contributed by atoms with Crippen LogP contribution in [0.15, 0.2) is 36.5 Å². The second-order valence-corrected chi connectivity index (χ2v) is 5.84. The lowest BCUT2D eigenvalue weighted by Gasteiger charge is -2.04. The SMILES string of the molecule is CS(=O)(=O)Nc1cn(CC(=O)Nc2ccccc2)nn1. The van der Waals surface area contributed by atoms with E-state index in [1.165, 1.54) is 10.9 Å². The van der Waals surface area contributed by atoms with E-state index in [-0.39, 0.29) is 18.3 Å². The third-order valence-electron chi connectivity index (χ3n) is 2.19. The number of aromatic nitrogens is 3. The normalized spacial score (nSPS) is 11.1. The molecular weight excluding hydrogens is 282 g/mol. The fourth-order valence-corrected chi connectivity index (χ4v) is 1.95. The molecule has 0 bridgehead atoms. The fourth-order valence-electron chi connectivity index (χ4n) is 1.48. The first-order chi connectivity index (χ1) is 9.42. The van der Waals surface area contributed by atoms with Gasteiger partial charge in [0.15, 0.2) is 5.82 Å². The summed E-state index contributed by atoms with van der Waals surface area (Å²) in [7, 11) is -3.41. The Bertz CT molecular complexity index is 696. The minimum Gasteiger partial charge on any atom is -0.324 e. The fraction of sp³-hybridized carbons (Fsp3) is 0.182. The number of nitrogens with zero attached hydrogens (tertiary/aromatic N) is 3. The van der Waals surface area contributed by atoms with Crippen LogP contribution < -0.4 is 10.0 Å². The van der Waals surface area contributed by atoms with E-state index in [4.69, 9.17) is 0 Å². The van der Waals surface area contributed by atoms with E-state index in [1.54, 1.807) is 24.3 Å². The van der Waals surface area contributed by atoms with E-state index < -0.39 is 10.0 Å². The Kier molecular flexibility index (Phi) is 3.99. The molecule has 0 aliphatic heterocycles. The molecule has 0 saturated carbocycles. The molecule has 106 valence electrons. The van der Waals surface area contributed by atoms with Gasteiger partial charge in [0.05, 0.1) is 12.5 Å². The van der Waals surface area contributed by atoms with Crippen LogP contribution in [-0.4, -0.2) is 35.6 Å². The van der Waals surface area contributed by atoms with Crippen molar-refractivity contribution in [2.75, 3.05) is 16.3 Å². The summed E-state index contributed by atoms with van der Waals surface area (Å²) in [5.74, 6) is -0.216. The molecule has 0 saturated heterocycles. The van der Waals surface area contributed by atoms with Crippen molar-refractivity contribution in [3.63, 3.8) is 0 Å². The molecule has 0 aliphatic carbocycles. The first kappa shape index (κ1) is 14.0. The number of hydrogen-bond donors (Lipinski definition) is 2. The van der Waals surface area contributed by atoms with Gasteiger partial charge < -0.3 is 5.32 Å². The Morgan fingerprint density at radius 2 is 2.00 bits per heavy atom. The highest BCUT2D eigenvalue weighted by atomic mass is 32.2. The van der Waals surface area contributed by atoms with Gasteiger partial charge in [-0.3, -0.25) is 9.52 Å². The molecule has 2 rings (SSSR count). The predicted octanol–water partition coefficient (Wildman–Crippen LogP) is 0.288. The smallest absolute Gasteiger partial charge is 0.246 e. The zero-order valence-electron chi connectivity index (χ0n) is 10.6. The zero-order chi connectivity index (χ0) is 14.6. The summed E-state index contributed by atoms with van der Waals surface area (Å²) < 4.78 is 25.4. The Morgan fingerprint density at radius 1 is 1.30 bits per heavy atom. The van der Waals surface area contributed by atoms with Crippen molar-refractivity contribution in [2.24, 2.45) is 0 Å². The number of rotatable bonds is 5. The first-order valence-corrected chi connectivity index (χ1v) is 7.54. The molecule has 0 fully saturated rings. The van der Waals surface area contributed by atoms with Gasteiger partial charge in [-0.2, -0.15) is 0 Å². The lowest BCUT2D eigenvalue weighted by Crippen LogP contribution is -2.19. The van der Waals surface area contributed by atoms with Crippen molar-refractivity contribution in [1.82, 2.24) is 15.0 Å². The monoisotopic (exact) mass is 295 g/mol. The summed E-state index contributed by atoms with van der Waals surface area (Å²) in [6.45, 7) is -0.0622. The molecular formula is C11H13N5O3S. The summed E-state index contributed by atoms with van der Waals surface area (Å²) in [4.78, 5) is 11.7. The maximum Gasteiger partial charge on any atom is 0.246 e. The number of hydrogen-bond acceptors (Lipinski definition) is 5. The van der Waals surface area contributed by atoms with E-state index in [2.05, 4.69) is 20.4 Å². The van der Waals surface area contributed by atoms with Gasteiger partial charge in [-0.15, -0.1) is 5.10 Å². The van der Waals surface area contributed by atoms with Crippen LogP contribution >= 0.6 is 0 Å². The van der Waals surface area contributed by atoms with Crippen molar-refractivity contribution in [1.29, 1.82) is 0 Å². The summed E-state index contributed by atoms with van der Waals surface area (Å²) in [6.07, 6.45) is 2.35. The second-order valence-electron chi connectivity index (χ2n) is 4.09. The van der Waals surface area contributed by atoms with Gasteiger partial charge in [-0.25, -0.2) is 13.1 Å². The Hall–Kier alpha value is -2.42. The van der Waals surface area contributed by atoms with Gasteiger partial charge in [0, 0.05) is 5.69 Å². The lowest BCUT2D eigenvalue weighted by molar-refractivity contribution is -0.116. The number of benzene rings is 1. The first-order valence-electron chi connectivity index (χ1n) is 5.65. The van der Waals surface area contributed by atoms with Crippen LogP contribution in [0, 0.1) is 0 Å². The van der Waals surface area contributed by atoms with Crippen LogP contribution in [0.5, 0.6) is 0 Å². The Balaban J connectivity index is 1.95. The standard InChI is InChI=1S/C11H13N5O3S/c1-20(18,19)14-10-7-16(15-13-10)8-11(17)12-9-5-3-2-4-6-9/h2-7,14H,8H2,1H3,(H,12,17). The molecule has 2 N–H and O–H groups in total. The Morgan fingerprint density at radius 3 is 2.65 bits per heavy atom. The van der Waals surface area contributed by atoms with Crippen LogP contribution in [-0.2, 0) is 21.4 Å². The van der Waals surface area contributed by atoms with Crippen molar-refractivity contribution < 1.29 is 13.2 Å². The van der Waals surface area contributed by atoms with Gasteiger partial charge in [0.25, 0.3) is 0 Å². The van der Waals surface area contributed by atoms with Gasteiger partial charge in [0.1, 0.15) is 6.54 Å². The number of amides is 1. The van der Waals surface area contributed by atoms with E-state index >= 15 is 0 Å². The highest BCUT2D eigenvalue weighted by molar-refractivity contribution is 7.92. The minimum atomic E-state index is -3.41. The summed E-state index contributed by atoms with van der Waals surface area (Å²) in [5, 5.41) is 9.95. The molecule has 1 aromatic heterocycles. The van der Waals surface area contributed by atoms with E-state index in [0.717, 1.165) is 6.26 Å². The van der Waals surface area contributed by atoms with Crippen LogP contribution in [0.2, 0.25) is 0 Å². The van der Waals surface area contributed by atoms with Crippen LogP contribution in [0.3, 0.4) is 0 Å². The van der Waals surface area contributed by atoms with Gasteiger partial charge in [-0.05, 0) is 12.1 Å². The molecule has 20 heavy (non-hydrogen) atoms. The Labute approximate surface area is 115 Å². The second kappa shape index (κ2) is 5.70. The number of para-hydroxylation sites is 1. The number of anilines is 2. The topological polar surface area (TPSA) is 106 Å². The maximum atomic E-state index is 11.7. The molecule has 1 heterocycles. The van der Waals surface area contributed by atoms with Gasteiger partial charge in [-0.1, -0.05) is 23.4 Å². The summed E-state index contributed by atoms with van der Waals surface area (Å²) >= 11 is 0.